The van der Waals surface area contributed by atoms with Crippen LogP contribution in [0.15, 0.2) is 47.4 Å². The maximum absolute atomic E-state index is 11.0. The maximum Gasteiger partial charge on any atom is 0.248 e. The van der Waals surface area contributed by atoms with Crippen LogP contribution in [-0.4, -0.2) is 5.91 Å². The molecule has 0 fully saturated rings. The van der Waals surface area contributed by atoms with Gasteiger partial charge in [-0.05, 0) is 35.9 Å². The largest absolute Gasteiger partial charge is 0.398 e. The second-order valence-electron chi connectivity index (χ2n) is 4.03. The second kappa shape index (κ2) is 5.99. The summed E-state index contributed by atoms with van der Waals surface area (Å²) in [5.74, 6) is 0.335. The van der Waals surface area contributed by atoms with E-state index in [-0.39, 0.29) is 0 Å². The molecule has 3 nitrogen and oxygen atoms in total. The van der Waals surface area contributed by atoms with E-state index in [1.54, 1.807) is 36.0 Å². The summed E-state index contributed by atoms with van der Waals surface area (Å²) in [5.41, 5.74) is 13.4. The number of amides is 1. The first-order valence-corrected chi connectivity index (χ1v) is 6.99. The molecule has 0 aliphatic heterocycles. The first-order chi connectivity index (χ1) is 9.06. The van der Waals surface area contributed by atoms with Gasteiger partial charge in [0.05, 0.1) is 0 Å². The normalized spacial score (nSPS) is 10.4. The number of hydrogen-bond donors (Lipinski definition) is 2. The van der Waals surface area contributed by atoms with Gasteiger partial charge in [0.1, 0.15) is 0 Å². The monoisotopic (exact) mass is 292 g/mol. The molecule has 2 aromatic rings. The molecule has 5 heteroatoms. The zero-order chi connectivity index (χ0) is 13.8. The number of hydrogen-bond acceptors (Lipinski definition) is 3. The highest BCUT2D eigenvalue weighted by Crippen LogP contribution is 2.30. The van der Waals surface area contributed by atoms with Crippen LogP contribution in [0.2, 0.25) is 5.02 Å². The number of primary amides is 1. The Hall–Kier alpha value is -1.65. The Morgan fingerprint density at radius 2 is 1.84 bits per heavy atom. The van der Waals surface area contributed by atoms with E-state index >= 15 is 0 Å². The molecule has 0 bridgehead atoms. The van der Waals surface area contributed by atoms with Gasteiger partial charge in [-0.2, -0.15) is 0 Å². The Morgan fingerprint density at radius 3 is 2.47 bits per heavy atom. The number of carbonyl (C=O) groups excluding carboxylic acids is 1. The van der Waals surface area contributed by atoms with E-state index in [9.17, 15) is 4.79 Å². The lowest BCUT2D eigenvalue weighted by Gasteiger charge is -2.06. The third-order valence-corrected chi connectivity index (χ3v) is 3.99. The van der Waals surface area contributed by atoms with E-state index in [4.69, 9.17) is 23.1 Å². The first-order valence-electron chi connectivity index (χ1n) is 5.63. The molecule has 4 N–H and O–H groups in total. The highest BCUT2D eigenvalue weighted by Gasteiger charge is 2.03. The lowest BCUT2D eigenvalue weighted by atomic mass is 10.1. The molecule has 98 valence electrons. The maximum atomic E-state index is 11.0. The van der Waals surface area contributed by atoms with Gasteiger partial charge in [0.2, 0.25) is 5.91 Å². The van der Waals surface area contributed by atoms with E-state index < -0.39 is 5.91 Å². The first kappa shape index (κ1) is 13.8. The van der Waals surface area contributed by atoms with Crippen LogP contribution in [0.5, 0.6) is 0 Å². The lowest BCUT2D eigenvalue weighted by Crippen LogP contribution is -2.10. The number of anilines is 1. The molecule has 2 rings (SSSR count). The fourth-order valence-corrected chi connectivity index (χ4v) is 2.76. The molecule has 0 unspecified atom stereocenters. The lowest BCUT2D eigenvalue weighted by molar-refractivity contribution is 0.100. The standard InChI is InChI=1S/C14H13ClN2OS/c15-11-5-6-12(16)13(7-11)19-8-9-1-3-10(4-2-9)14(17)18/h1-7H,8,16H2,(H2,17,18). The topological polar surface area (TPSA) is 69.1 Å². The Bertz CT molecular complexity index is 599. The molecular weight excluding hydrogens is 280 g/mol. The van der Waals surface area contributed by atoms with Crippen LogP contribution < -0.4 is 11.5 Å². The van der Waals surface area contributed by atoms with E-state index in [0.29, 0.717) is 16.3 Å². The highest BCUT2D eigenvalue weighted by atomic mass is 35.5. The molecule has 0 aromatic heterocycles. The highest BCUT2D eigenvalue weighted by molar-refractivity contribution is 7.98. The van der Waals surface area contributed by atoms with Crippen LogP contribution >= 0.6 is 23.4 Å². The summed E-state index contributed by atoms with van der Waals surface area (Å²) in [6.07, 6.45) is 0. The Morgan fingerprint density at radius 1 is 1.16 bits per heavy atom. The van der Waals surface area contributed by atoms with Gasteiger partial charge in [0.25, 0.3) is 0 Å². The van der Waals surface area contributed by atoms with Gasteiger partial charge in [-0.25, -0.2) is 0 Å². The average molecular weight is 293 g/mol. The molecule has 0 atom stereocenters. The van der Waals surface area contributed by atoms with Crippen LogP contribution in [0.1, 0.15) is 15.9 Å². The van der Waals surface area contributed by atoms with Crippen molar-refractivity contribution in [3.63, 3.8) is 0 Å². The van der Waals surface area contributed by atoms with Gasteiger partial charge >= 0.3 is 0 Å². The summed E-state index contributed by atoms with van der Waals surface area (Å²) in [7, 11) is 0. The quantitative estimate of drug-likeness (QED) is 0.671. The molecule has 0 saturated heterocycles. The van der Waals surface area contributed by atoms with Crippen molar-refractivity contribution in [2.75, 3.05) is 5.73 Å². The fraction of sp³-hybridized carbons (Fsp3) is 0.0714. The van der Waals surface area contributed by atoms with Crippen LogP contribution in [-0.2, 0) is 5.75 Å². The third-order valence-electron chi connectivity index (χ3n) is 2.61. The summed E-state index contributed by atoms with van der Waals surface area (Å²) < 4.78 is 0. The predicted octanol–water partition coefficient (Wildman–Crippen LogP) is 3.31. The summed E-state index contributed by atoms with van der Waals surface area (Å²) in [4.78, 5) is 11.9. The van der Waals surface area contributed by atoms with Gasteiger partial charge in [0, 0.05) is 26.9 Å². The smallest absolute Gasteiger partial charge is 0.248 e. The molecule has 0 aliphatic rings. The van der Waals surface area contributed by atoms with E-state index in [1.807, 2.05) is 18.2 Å². The minimum absolute atomic E-state index is 0.418. The van der Waals surface area contributed by atoms with Crippen molar-refractivity contribution in [3.05, 3.63) is 58.6 Å². The van der Waals surface area contributed by atoms with Crippen molar-refractivity contribution < 1.29 is 4.79 Å². The zero-order valence-corrected chi connectivity index (χ0v) is 11.7. The Labute approximate surface area is 120 Å². The zero-order valence-electron chi connectivity index (χ0n) is 10.1. The molecule has 19 heavy (non-hydrogen) atoms. The molecule has 0 aliphatic carbocycles. The molecule has 0 radical (unpaired) electrons. The van der Waals surface area contributed by atoms with Crippen molar-refractivity contribution in [1.29, 1.82) is 0 Å². The Balaban J connectivity index is 2.06. The molecule has 0 heterocycles. The molecule has 2 aromatic carbocycles. The van der Waals surface area contributed by atoms with Crippen molar-refractivity contribution >= 4 is 35.0 Å². The van der Waals surface area contributed by atoms with E-state index in [2.05, 4.69) is 0 Å². The van der Waals surface area contributed by atoms with Gasteiger partial charge < -0.3 is 11.5 Å². The second-order valence-corrected chi connectivity index (χ2v) is 5.49. The number of benzene rings is 2. The number of nitrogen functional groups attached to an aromatic ring is 1. The number of halogens is 1. The van der Waals surface area contributed by atoms with Crippen LogP contribution in [0.4, 0.5) is 5.69 Å². The average Bonchev–Trinajstić information content (AvgIpc) is 2.40. The van der Waals surface area contributed by atoms with Crippen molar-refractivity contribution in [1.82, 2.24) is 0 Å². The number of nitrogens with two attached hydrogens (primary N) is 2. The van der Waals surface area contributed by atoms with Gasteiger partial charge in [-0.15, -0.1) is 11.8 Å². The Kier molecular flexibility index (Phi) is 4.35. The fourth-order valence-electron chi connectivity index (χ4n) is 1.56. The minimum Gasteiger partial charge on any atom is -0.398 e. The van der Waals surface area contributed by atoms with Crippen molar-refractivity contribution in [2.45, 2.75) is 10.6 Å². The minimum atomic E-state index is -0.418. The molecular formula is C14H13ClN2OS. The number of carbonyl (C=O) groups is 1. The predicted molar refractivity (Wildman–Crippen MR) is 80.4 cm³/mol. The van der Waals surface area contributed by atoms with Crippen LogP contribution in [0, 0.1) is 0 Å². The van der Waals surface area contributed by atoms with E-state index in [0.717, 1.165) is 16.2 Å². The number of rotatable bonds is 4. The van der Waals surface area contributed by atoms with E-state index in [1.165, 1.54) is 0 Å². The summed E-state index contributed by atoms with van der Waals surface area (Å²) in [6.45, 7) is 0. The summed E-state index contributed by atoms with van der Waals surface area (Å²) in [6, 6.07) is 12.6. The van der Waals surface area contributed by atoms with Crippen molar-refractivity contribution in [2.24, 2.45) is 5.73 Å². The molecule has 0 saturated carbocycles. The van der Waals surface area contributed by atoms with Crippen LogP contribution in [0.3, 0.4) is 0 Å². The van der Waals surface area contributed by atoms with Crippen LogP contribution in [0.25, 0.3) is 0 Å². The van der Waals surface area contributed by atoms with Crippen molar-refractivity contribution in [3.8, 4) is 0 Å². The van der Waals surface area contributed by atoms with Gasteiger partial charge in [-0.3, -0.25) is 4.79 Å². The van der Waals surface area contributed by atoms with Gasteiger partial charge in [0.15, 0.2) is 0 Å². The third kappa shape index (κ3) is 3.66. The number of thioether (sulfide) groups is 1. The molecule has 1 amide bonds. The molecule has 0 spiro atoms. The summed E-state index contributed by atoms with van der Waals surface area (Å²) in [5, 5.41) is 0.667. The SMILES string of the molecule is NC(=O)c1ccc(CSc2cc(Cl)ccc2N)cc1. The van der Waals surface area contributed by atoms with Gasteiger partial charge in [-0.1, -0.05) is 23.7 Å². The summed E-state index contributed by atoms with van der Waals surface area (Å²) >= 11 is 7.54.